The van der Waals surface area contributed by atoms with E-state index in [1.807, 2.05) is 24.8 Å². The summed E-state index contributed by atoms with van der Waals surface area (Å²) >= 11 is 1.85. The Balaban J connectivity index is 2.56. The fourth-order valence-corrected chi connectivity index (χ4v) is 2.06. The lowest BCUT2D eigenvalue weighted by Crippen LogP contribution is -2.10. The lowest BCUT2D eigenvalue weighted by molar-refractivity contribution is 0.749. The van der Waals surface area contributed by atoms with Crippen LogP contribution >= 0.6 is 11.8 Å². The fourth-order valence-electron chi connectivity index (χ4n) is 1.15. The van der Waals surface area contributed by atoms with Gasteiger partial charge in [-0.2, -0.15) is 11.8 Å². The second-order valence-corrected chi connectivity index (χ2v) is 4.89. The maximum Gasteiger partial charge on any atom is 0.143 e. The van der Waals surface area contributed by atoms with Crippen LogP contribution in [0.5, 0.6) is 0 Å². The largest absolute Gasteiger partial charge is 0.308 e. The first-order valence-electron chi connectivity index (χ1n) is 5.00. The summed E-state index contributed by atoms with van der Waals surface area (Å²) in [4.78, 5) is 8.63. The molecule has 0 aromatic carbocycles. The highest BCUT2D eigenvalue weighted by atomic mass is 32.2. The zero-order chi connectivity index (χ0) is 11.3. The molecule has 3 N–H and O–H groups in total. The summed E-state index contributed by atoms with van der Waals surface area (Å²) in [5.41, 5.74) is 3.49. The van der Waals surface area contributed by atoms with Gasteiger partial charge in [0, 0.05) is 11.8 Å². The average molecular weight is 226 g/mol. The Morgan fingerprint density at radius 1 is 1.47 bits per heavy atom. The molecule has 0 fully saturated rings. The normalized spacial score (nSPS) is 10.7. The van der Waals surface area contributed by atoms with Crippen LogP contribution in [0.15, 0.2) is 6.07 Å². The highest BCUT2D eigenvalue weighted by Gasteiger charge is 2.02. The lowest BCUT2D eigenvalue weighted by Gasteiger charge is -2.06. The third-order valence-corrected chi connectivity index (χ3v) is 3.10. The summed E-state index contributed by atoms with van der Waals surface area (Å²) in [5.74, 6) is 9.51. The number of thioether (sulfide) groups is 1. The summed E-state index contributed by atoms with van der Waals surface area (Å²) in [6.07, 6.45) is 0. The van der Waals surface area contributed by atoms with Gasteiger partial charge in [0.2, 0.25) is 0 Å². The van der Waals surface area contributed by atoms with E-state index in [2.05, 4.69) is 29.2 Å². The van der Waals surface area contributed by atoms with Crippen molar-refractivity contribution < 1.29 is 0 Å². The van der Waals surface area contributed by atoms with Crippen molar-refractivity contribution in [3.8, 4) is 0 Å². The lowest BCUT2D eigenvalue weighted by atomic mass is 10.3. The molecule has 0 saturated heterocycles. The summed E-state index contributed by atoms with van der Waals surface area (Å²) in [6, 6.07) is 1.83. The SMILES string of the molecule is Cc1cc(NN)nc(CSCC(C)C)n1. The molecule has 0 unspecified atom stereocenters. The second kappa shape index (κ2) is 5.92. The van der Waals surface area contributed by atoms with Gasteiger partial charge in [-0.15, -0.1) is 0 Å². The Morgan fingerprint density at radius 3 is 2.80 bits per heavy atom. The van der Waals surface area contributed by atoms with E-state index in [0.717, 1.165) is 23.0 Å². The van der Waals surface area contributed by atoms with Crippen LogP contribution in [-0.4, -0.2) is 15.7 Å². The molecule has 5 heteroatoms. The van der Waals surface area contributed by atoms with E-state index >= 15 is 0 Å². The first kappa shape index (κ1) is 12.3. The number of rotatable bonds is 5. The van der Waals surface area contributed by atoms with Crippen molar-refractivity contribution in [3.05, 3.63) is 17.6 Å². The van der Waals surface area contributed by atoms with Crippen molar-refractivity contribution in [1.29, 1.82) is 0 Å². The van der Waals surface area contributed by atoms with Crippen molar-refractivity contribution in [2.24, 2.45) is 11.8 Å². The molecule has 0 bridgehead atoms. The molecule has 0 spiro atoms. The molecule has 0 aliphatic heterocycles. The topological polar surface area (TPSA) is 63.8 Å². The molecule has 0 aliphatic carbocycles. The maximum atomic E-state index is 5.32. The van der Waals surface area contributed by atoms with Gasteiger partial charge in [0.05, 0.1) is 5.75 Å². The quantitative estimate of drug-likeness (QED) is 0.593. The highest BCUT2D eigenvalue weighted by molar-refractivity contribution is 7.98. The van der Waals surface area contributed by atoms with Gasteiger partial charge in [0.1, 0.15) is 11.6 Å². The van der Waals surface area contributed by atoms with E-state index in [-0.39, 0.29) is 0 Å². The Kier molecular flexibility index (Phi) is 4.84. The second-order valence-electron chi connectivity index (χ2n) is 3.86. The molecule has 1 aromatic rings. The van der Waals surface area contributed by atoms with E-state index in [9.17, 15) is 0 Å². The molecule has 0 radical (unpaired) electrons. The minimum Gasteiger partial charge on any atom is -0.308 e. The number of hydrazine groups is 1. The first-order chi connectivity index (χ1) is 7.11. The predicted octanol–water partition coefficient (Wildman–Crippen LogP) is 1.96. The van der Waals surface area contributed by atoms with Crippen molar-refractivity contribution in [2.75, 3.05) is 11.2 Å². The predicted molar refractivity (Wildman–Crippen MR) is 65.6 cm³/mol. The first-order valence-corrected chi connectivity index (χ1v) is 6.16. The Hall–Kier alpha value is -0.810. The van der Waals surface area contributed by atoms with Crippen LogP contribution < -0.4 is 11.3 Å². The Bertz CT molecular complexity index is 314. The molecule has 4 nitrogen and oxygen atoms in total. The number of nitrogen functional groups attached to an aromatic ring is 1. The summed E-state index contributed by atoms with van der Waals surface area (Å²) in [7, 11) is 0. The van der Waals surface area contributed by atoms with Crippen molar-refractivity contribution in [1.82, 2.24) is 9.97 Å². The molecule has 1 heterocycles. The molecule has 84 valence electrons. The number of nitrogens with zero attached hydrogens (tertiary/aromatic N) is 2. The molecule has 0 saturated carbocycles. The van der Waals surface area contributed by atoms with Crippen LogP contribution in [0.2, 0.25) is 0 Å². The van der Waals surface area contributed by atoms with Gasteiger partial charge in [-0.3, -0.25) is 0 Å². The molecule has 0 atom stereocenters. The molecule has 15 heavy (non-hydrogen) atoms. The zero-order valence-electron chi connectivity index (χ0n) is 9.45. The molecule has 1 rings (SSSR count). The van der Waals surface area contributed by atoms with Gasteiger partial charge in [0.15, 0.2) is 0 Å². The molecule has 0 amide bonds. The van der Waals surface area contributed by atoms with Crippen LogP contribution in [0.4, 0.5) is 5.82 Å². The summed E-state index contributed by atoms with van der Waals surface area (Å²) < 4.78 is 0. The minimum absolute atomic E-state index is 0.683. The standard InChI is InChI=1S/C10H18N4S/c1-7(2)5-15-6-10-12-8(3)4-9(13-10)14-11/h4,7H,5-6,11H2,1-3H3,(H,12,13,14). The third kappa shape index (κ3) is 4.48. The van der Waals surface area contributed by atoms with Crippen LogP contribution in [-0.2, 0) is 5.75 Å². The maximum absolute atomic E-state index is 5.32. The number of hydrogen-bond acceptors (Lipinski definition) is 5. The summed E-state index contributed by atoms with van der Waals surface area (Å²) in [5, 5.41) is 0. The number of aromatic nitrogens is 2. The number of aryl methyl sites for hydroxylation is 1. The van der Waals surface area contributed by atoms with Crippen LogP contribution in [0.1, 0.15) is 25.4 Å². The van der Waals surface area contributed by atoms with E-state index in [1.165, 1.54) is 0 Å². The van der Waals surface area contributed by atoms with E-state index in [0.29, 0.717) is 11.7 Å². The van der Waals surface area contributed by atoms with Crippen molar-refractivity contribution in [2.45, 2.75) is 26.5 Å². The number of nitrogens with one attached hydrogen (secondary N) is 1. The van der Waals surface area contributed by atoms with Gasteiger partial charge in [-0.1, -0.05) is 13.8 Å². The van der Waals surface area contributed by atoms with E-state index < -0.39 is 0 Å². The molecule has 1 aromatic heterocycles. The average Bonchev–Trinajstić information content (AvgIpc) is 2.16. The Labute approximate surface area is 95.0 Å². The zero-order valence-corrected chi connectivity index (χ0v) is 10.3. The highest BCUT2D eigenvalue weighted by Crippen LogP contribution is 2.14. The minimum atomic E-state index is 0.683. The van der Waals surface area contributed by atoms with Gasteiger partial charge in [0.25, 0.3) is 0 Å². The summed E-state index contributed by atoms with van der Waals surface area (Å²) in [6.45, 7) is 6.35. The third-order valence-electron chi connectivity index (χ3n) is 1.73. The van der Waals surface area contributed by atoms with Crippen LogP contribution in [0, 0.1) is 12.8 Å². The van der Waals surface area contributed by atoms with E-state index in [4.69, 9.17) is 5.84 Å². The van der Waals surface area contributed by atoms with Crippen molar-refractivity contribution >= 4 is 17.6 Å². The monoisotopic (exact) mass is 226 g/mol. The molecule has 0 aliphatic rings. The number of nitrogens with two attached hydrogens (primary N) is 1. The van der Waals surface area contributed by atoms with E-state index in [1.54, 1.807) is 0 Å². The van der Waals surface area contributed by atoms with Gasteiger partial charge in [-0.25, -0.2) is 15.8 Å². The van der Waals surface area contributed by atoms with Gasteiger partial charge >= 0.3 is 0 Å². The van der Waals surface area contributed by atoms with Gasteiger partial charge < -0.3 is 5.43 Å². The molecular formula is C10H18N4S. The molecular weight excluding hydrogens is 208 g/mol. The number of anilines is 1. The smallest absolute Gasteiger partial charge is 0.143 e. The Morgan fingerprint density at radius 2 is 2.20 bits per heavy atom. The van der Waals surface area contributed by atoms with Crippen LogP contribution in [0.3, 0.4) is 0 Å². The fraction of sp³-hybridized carbons (Fsp3) is 0.600. The van der Waals surface area contributed by atoms with Crippen molar-refractivity contribution in [3.63, 3.8) is 0 Å². The number of hydrogen-bond donors (Lipinski definition) is 2. The van der Waals surface area contributed by atoms with Crippen LogP contribution in [0.25, 0.3) is 0 Å². The van der Waals surface area contributed by atoms with Gasteiger partial charge in [-0.05, 0) is 18.6 Å².